The predicted octanol–water partition coefficient (Wildman–Crippen LogP) is 4.32. The van der Waals surface area contributed by atoms with Gasteiger partial charge in [-0.1, -0.05) is 12.1 Å². The molecular weight excluding hydrogens is 292 g/mol. The fraction of sp³-hybridized carbons (Fsp3) is 0.158. The molecule has 4 nitrogen and oxygen atoms in total. The van der Waals surface area contributed by atoms with Crippen molar-refractivity contribution in [3.63, 3.8) is 0 Å². The standard InChI is InChI=1S/C19H16O4/c1-21-15-9-11-5-4-10-8-14(20)18(22-2)12-6-7-13(19(15)23-3)17(11)16(10)12/h4-9,20H,1-3H3. The minimum Gasteiger partial charge on any atom is -0.504 e. The van der Waals surface area contributed by atoms with Gasteiger partial charge in [0.25, 0.3) is 0 Å². The Balaban J connectivity index is 2.30. The molecular formula is C19H16O4. The van der Waals surface area contributed by atoms with Gasteiger partial charge in [0.1, 0.15) is 0 Å². The average molecular weight is 308 g/mol. The average Bonchev–Trinajstić information content (AvgIpc) is 2.58. The second kappa shape index (κ2) is 4.81. The van der Waals surface area contributed by atoms with E-state index in [0.717, 1.165) is 32.3 Å². The molecule has 0 radical (unpaired) electrons. The van der Waals surface area contributed by atoms with Gasteiger partial charge in [0.15, 0.2) is 23.0 Å². The van der Waals surface area contributed by atoms with E-state index >= 15 is 0 Å². The Morgan fingerprint density at radius 2 is 1.26 bits per heavy atom. The van der Waals surface area contributed by atoms with Crippen molar-refractivity contribution in [1.82, 2.24) is 0 Å². The maximum absolute atomic E-state index is 10.2. The van der Waals surface area contributed by atoms with Crippen molar-refractivity contribution in [1.29, 1.82) is 0 Å². The Hall–Kier alpha value is -2.88. The molecule has 0 fully saturated rings. The maximum atomic E-state index is 10.2. The second-order valence-corrected chi connectivity index (χ2v) is 5.46. The van der Waals surface area contributed by atoms with Gasteiger partial charge < -0.3 is 19.3 Å². The highest BCUT2D eigenvalue weighted by Gasteiger charge is 2.19. The zero-order valence-corrected chi connectivity index (χ0v) is 13.1. The molecule has 0 spiro atoms. The molecule has 0 aliphatic carbocycles. The second-order valence-electron chi connectivity index (χ2n) is 5.46. The summed E-state index contributed by atoms with van der Waals surface area (Å²) in [5.41, 5.74) is 0. The maximum Gasteiger partial charge on any atom is 0.168 e. The summed E-state index contributed by atoms with van der Waals surface area (Å²) in [7, 11) is 4.84. The van der Waals surface area contributed by atoms with Crippen LogP contribution in [0.3, 0.4) is 0 Å². The summed E-state index contributed by atoms with van der Waals surface area (Å²) < 4.78 is 16.4. The van der Waals surface area contributed by atoms with E-state index in [-0.39, 0.29) is 5.75 Å². The first-order valence-electron chi connectivity index (χ1n) is 7.29. The van der Waals surface area contributed by atoms with E-state index in [2.05, 4.69) is 0 Å². The highest BCUT2D eigenvalue weighted by atomic mass is 16.5. The molecule has 0 amide bonds. The monoisotopic (exact) mass is 308 g/mol. The van der Waals surface area contributed by atoms with Crippen LogP contribution in [0.1, 0.15) is 0 Å². The van der Waals surface area contributed by atoms with Crippen LogP contribution >= 0.6 is 0 Å². The van der Waals surface area contributed by atoms with Crippen LogP contribution in [0.25, 0.3) is 32.3 Å². The van der Waals surface area contributed by atoms with Gasteiger partial charge in [-0.05, 0) is 35.0 Å². The number of hydrogen-bond acceptors (Lipinski definition) is 4. The van der Waals surface area contributed by atoms with Crippen molar-refractivity contribution in [2.24, 2.45) is 0 Å². The van der Waals surface area contributed by atoms with Crippen molar-refractivity contribution in [3.8, 4) is 23.0 Å². The van der Waals surface area contributed by atoms with Crippen LogP contribution in [0, 0.1) is 0 Å². The topological polar surface area (TPSA) is 47.9 Å². The van der Waals surface area contributed by atoms with E-state index in [1.54, 1.807) is 27.4 Å². The number of phenolic OH excluding ortho intramolecular Hbond substituents is 1. The quantitative estimate of drug-likeness (QED) is 0.573. The summed E-state index contributed by atoms with van der Waals surface area (Å²) >= 11 is 0. The molecule has 116 valence electrons. The molecule has 4 aromatic carbocycles. The third kappa shape index (κ3) is 1.72. The van der Waals surface area contributed by atoms with E-state index in [0.29, 0.717) is 17.2 Å². The lowest BCUT2D eigenvalue weighted by molar-refractivity contribution is 0.359. The van der Waals surface area contributed by atoms with Crippen LogP contribution in [-0.4, -0.2) is 26.4 Å². The van der Waals surface area contributed by atoms with Crippen LogP contribution in [-0.2, 0) is 0 Å². The number of benzene rings is 4. The Labute approximate surface area is 133 Å². The predicted molar refractivity (Wildman–Crippen MR) is 91.5 cm³/mol. The zero-order valence-electron chi connectivity index (χ0n) is 13.1. The molecule has 4 rings (SSSR count). The van der Waals surface area contributed by atoms with Crippen molar-refractivity contribution >= 4 is 32.3 Å². The first-order valence-corrected chi connectivity index (χ1v) is 7.29. The van der Waals surface area contributed by atoms with Crippen molar-refractivity contribution < 1.29 is 19.3 Å². The fourth-order valence-corrected chi connectivity index (χ4v) is 3.43. The summed E-state index contributed by atoms with van der Waals surface area (Å²) in [6, 6.07) is 11.7. The van der Waals surface area contributed by atoms with Gasteiger partial charge in [0.05, 0.1) is 21.3 Å². The number of hydrogen-bond donors (Lipinski definition) is 1. The molecule has 0 bridgehead atoms. The van der Waals surface area contributed by atoms with Crippen molar-refractivity contribution in [2.45, 2.75) is 0 Å². The van der Waals surface area contributed by atoms with E-state index in [1.165, 1.54) is 0 Å². The first kappa shape index (κ1) is 13.8. The number of rotatable bonds is 3. The molecule has 0 atom stereocenters. The van der Waals surface area contributed by atoms with Gasteiger partial charge in [-0.15, -0.1) is 0 Å². The normalized spacial score (nSPS) is 11.4. The summed E-state index contributed by atoms with van der Waals surface area (Å²) in [6.07, 6.45) is 0. The Morgan fingerprint density at radius 3 is 1.83 bits per heavy atom. The van der Waals surface area contributed by atoms with Gasteiger partial charge >= 0.3 is 0 Å². The van der Waals surface area contributed by atoms with Crippen LogP contribution in [0.2, 0.25) is 0 Å². The van der Waals surface area contributed by atoms with Gasteiger partial charge in [0.2, 0.25) is 0 Å². The third-order valence-corrected chi connectivity index (χ3v) is 4.38. The Kier molecular flexibility index (Phi) is 2.88. The summed E-state index contributed by atoms with van der Waals surface area (Å²) in [5.74, 6) is 2.04. The highest BCUT2D eigenvalue weighted by molar-refractivity contribution is 6.26. The highest BCUT2D eigenvalue weighted by Crippen LogP contribution is 2.47. The third-order valence-electron chi connectivity index (χ3n) is 4.38. The minimum atomic E-state index is 0.142. The van der Waals surface area contributed by atoms with Crippen LogP contribution in [0.15, 0.2) is 36.4 Å². The SMILES string of the molecule is COc1cc2ccc3cc(O)c(OC)c4ccc(c1OC)c2c34. The number of methoxy groups -OCH3 is 3. The molecule has 0 saturated carbocycles. The lowest BCUT2D eigenvalue weighted by atomic mass is 9.93. The molecule has 0 aromatic heterocycles. The van der Waals surface area contributed by atoms with E-state index in [4.69, 9.17) is 14.2 Å². The lowest BCUT2D eigenvalue weighted by Crippen LogP contribution is -1.94. The van der Waals surface area contributed by atoms with Crippen LogP contribution in [0.5, 0.6) is 23.0 Å². The first-order chi connectivity index (χ1) is 11.2. The molecule has 1 N–H and O–H groups in total. The number of ether oxygens (including phenoxy) is 3. The molecule has 4 aromatic rings. The largest absolute Gasteiger partial charge is 0.504 e. The zero-order chi connectivity index (χ0) is 16.1. The smallest absolute Gasteiger partial charge is 0.168 e. The van der Waals surface area contributed by atoms with E-state index < -0.39 is 0 Å². The Bertz CT molecular complexity index is 1040. The number of phenols is 1. The Morgan fingerprint density at radius 1 is 0.696 bits per heavy atom. The van der Waals surface area contributed by atoms with Crippen molar-refractivity contribution in [3.05, 3.63) is 36.4 Å². The summed E-state index contributed by atoms with van der Waals surface area (Å²) in [4.78, 5) is 0. The van der Waals surface area contributed by atoms with Crippen molar-refractivity contribution in [2.75, 3.05) is 21.3 Å². The van der Waals surface area contributed by atoms with Gasteiger partial charge in [0, 0.05) is 21.5 Å². The van der Waals surface area contributed by atoms with Gasteiger partial charge in [-0.3, -0.25) is 0 Å². The molecule has 0 unspecified atom stereocenters. The van der Waals surface area contributed by atoms with Gasteiger partial charge in [-0.25, -0.2) is 0 Å². The lowest BCUT2D eigenvalue weighted by Gasteiger charge is -2.17. The van der Waals surface area contributed by atoms with Gasteiger partial charge in [-0.2, -0.15) is 0 Å². The fourth-order valence-electron chi connectivity index (χ4n) is 3.43. The van der Waals surface area contributed by atoms with E-state index in [1.807, 2.05) is 30.3 Å². The minimum absolute atomic E-state index is 0.142. The molecule has 0 heterocycles. The van der Waals surface area contributed by atoms with Crippen LogP contribution in [0.4, 0.5) is 0 Å². The van der Waals surface area contributed by atoms with E-state index in [9.17, 15) is 5.11 Å². The molecule has 0 aliphatic heterocycles. The van der Waals surface area contributed by atoms with Crippen LogP contribution < -0.4 is 14.2 Å². The molecule has 0 aliphatic rings. The summed E-state index contributed by atoms with van der Waals surface area (Å²) in [5, 5.41) is 16.2. The molecule has 4 heteroatoms. The summed E-state index contributed by atoms with van der Waals surface area (Å²) in [6.45, 7) is 0. The number of aromatic hydroxyl groups is 1. The molecule has 0 saturated heterocycles. The molecule has 23 heavy (non-hydrogen) atoms.